The van der Waals surface area contributed by atoms with E-state index in [0.29, 0.717) is 17.7 Å². The molecule has 0 saturated carbocycles. The third kappa shape index (κ3) is 8.00. The fourth-order valence-electron chi connectivity index (χ4n) is 3.46. The molecule has 2 aromatic carbocycles. The van der Waals surface area contributed by atoms with Crippen molar-refractivity contribution in [2.45, 2.75) is 31.8 Å². The van der Waals surface area contributed by atoms with Crippen LogP contribution in [0.1, 0.15) is 28.4 Å². The zero-order valence-corrected chi connectivity index (χ0v) is 21.4. The van der Waals surface area contributed by atoms with Gasteiger partial charge in [0, 0.05) is 24.1 Å². The molecule has 3 aromatic rings. The predicted octanol–water partition coefficient (Wildman–Crippen LogP) is 3.69. The lowest BCUT2D eigenvalue weighted by atomic mass is 10.1. The van der Waals surface area contributed by atoms with Crippen LogP contribution in [0.3, 0.4) is 0 Å². The van der Waals surface area contributed by atoms with Gasteiger partial charge in [-0.25, -0.2) is 0 Å². The largest absolute Gasteiger partial charge is 0.480 e. The van der Waals surface area contributed by atoms with Gasteiger partial charge < -0.3 is 10.4 Å². The van der Waals surface area contributed by atoms with E-state index in [1.165, 1.54) is 12.4 Å². The van der Waals surface area contributed by atoms with Crippen molar-refractivity contribution in [1.82, 2.24) is 14.4 Å². The first-order chi connectivity index (χ1) is 17.0. The predicted molar refractivity (Wildman–Crippen MR) is 139 cm³/mol. The van der Waals surface area contributed by atoms with Crippen molar-refractivity contribution in [3.8, 4) is 0 Å². The number of halogens is 2. The van der Waals surface area contributed by atoms with Gasteiger partial charge in [-0.15, -0.1) is 0 Å². The molecule has 3 rings (SSSR count). The molecule has 0 spiro atoms. The van der Waals surface area contributed by atoms with Crippen molar-refractivity contribution in [1.29, 1.82) is 0 Å². The Hall–Kier alpha value is -3.02. The van der Waals surface area contributed by atoms with E-state index in [2.05, 4.69) is 19.7 Å². The molecule has 190 valence electrons. The normalized spacial score (nSPS) is 13.1. The third-order valence-electron chi connectivity index (χ3n) is 5.07. The molecule has 1 aromatic heterocycles. The quantitative estimate of drug-likeness (QED) is 0.287. The first kappa shape index (κ1) is 27.6. The van der Waals surface area contributed by atoms with E-state index in [1.807, 2.05) is 30.3 Å². The molecular weight excluding hydrogens is 527 g/mol. The fraction of sp³-hybridized carbons (Fsp3) is 0.208. The van der Waals surface area contributed by atoms with Crippen LogP contribution in [0, 0.1) is 0 Å². The van der Waals surface area contributed by atoms with Crippen molar-refractivity contribution in [3.05, 3.63) is 93.7 Å². The molecule has 0 fully saturated rings. The SMILES string of the molecule is CC(Cc1ccccc1)NS(=O)(=O)N[C@@H](Cc1ccc(NC(=O)c2c(Cl)cncc2Cl)cc1)C(=O)O. The second kappa shape index (κ2) is 12.3. The molecule has 0 saturated heterocycles. The zero-order valence-electron chi connectivity index (χ0n) is 19.1. The minimum absolute atomic E-state index is 0.0757. The number of benzene rings is 2. The highest BCUT2D eigenvalue weighted by Crippen LogP contribution is 2.24. The summed E-state index contributed by atoms with van der Waals surface area (Å²) < 4.78 is 29.7. The number of carboxylic acids is 1. The second-order valence-corrected chi connectivity index (χ2v) is 10.3. The minimum atomic E-state index is -4.10. The van der Waals surface area contributed by atoms with E-state index in [-0.39, 0.29) is 22.0 Å². The van der Waals surface area contributed by atoms with Crippen molar-refractivity contribution in [2.75, 3.05) is 5.32 Å². The van der Waals surface area contributed by atoms with Gasteiger partial charge in [0.05, 0.1) is 15.6 Å². The van der Waals surface area contributed by atoms with E-state index in [9.17, 15) is 23.1 Å². The molecule has 1 amide bonds. The molecule has 36 heavy (non-hydrogen) atoms. The Balaban J connectivity index is 1.61. The Morgan fingerprint density at radius 1 is 0.917 bits per heavy atom. The standard InChI is InChI=1S/C24H24Cl2N4O5S/c1-15(11-16-5-3-2-4-6-16)29-36(34,35)30-21(24(32)33)12-17-7-9-18(10-8-17)28-23(31)22-19(25)13-27-14-20(22)26/h2-10,13-15,21,29-30H,11-12H2,1H3,(H,28,31)(H,32,33)/t15?,21-/m0/s1. The Bertz CT molecular complexity index is 1300. The van der Waals surface area contributed by atoms with Crippen molar-refractivity contribution in [2.24, 2.45) is 0 Å². The van der Waals surface area contributed by atoms with E-state index < -0.39 is 34.2 Å². The first-order valence-corrected chi connectivity index (χ1v) is 13.0. The molecule has 4 N–H and O–H groups in total. The number of anilines is 1. The van der Waals surface area contributed by atoms with Crippen LogP contribution >= 0.6 is 23.2 Å². The smallest absolute Gasteiger partial charge is 0.322 e. The maximum atomic E-state index is 12.5. The third-order valence-corrected chi connectivity index (χ3v) is 6.95. The maximum absolute atomic E-state index is 12.5. The highest BCUT2D eigenvalue weighted by atomic mass is 35.5. The summed E-state index contributed by atoms with van der Waals surface area (Å²) in [4.78, 5) is 28.1. The summed E-state index contributed by atoms with van der Waals surface area (Å²) in [6.45, 7) is 1.70. The molecule has 0 aliphatic carbocycles. The van der Waals surface area contributed by atoms with Gasteiger partial charge in [0.25, 0.3) is 16.1 Å². The number of rotatable bonds is 11. The van der Waals surface area contributed by atoms with Gasteiger partial charge in [-0.1, -0.05) is 65.7 Å². The lowest BCUT2D eigenvalue weighted by Gasteiger charge is -2.19. The Morgan fingerprint density at radius 3 is 2.08 bits per heavy atom. The van der Waals surface area contributed by atoms with Gasteiger partial charge in [-0.3, -0.25) is 14.6 Å². The average Bonchev–Trinajstić information content (AvgIpc) is 2.79. The zero-order chi connectivity index (χ0) is 26.3. The van der Waals surface area contributed by atoms with Crippen LogP contribution in [0.4, 0.5) is 5.69 Å². The van der Waals surface area contributed by atoms with Crippen LogP contribution in [-0.2, 0) is 27.8 Å². The van der Waals surface area contributed by atoms with Gasteiger partial charge >= 0.3 is 5.97 Å². The molecule has 9 nitrogen and oxygen atoms in total. The highest BCUT2D eigenvalue weighted by molar-refractivity contribution is 7.87. The molecule has 0 aliphatic heterocycles. The summed E-state index contributed by atoms with van der Waals surface area (Å²) in [7, 11) is -4.10. The topological polar surface area (TPSA) is 137 Å². The number of aliphatic carboxylic acids is 1. The van der Waals surface area contributed by atoms with Gasteiger partial charge in [0.1, 0.15) is 6.04 Å². The van der Waals surface area contributed by atoms with E-state index in [4.69, 9.17) is 23.2 Å². The monoisotopic (exact) mass is 550 g/mol. The van der Waals surface area contributed by atoms with Crippen LogP contribution in [0.15, 0.2) is 67.0 Å². The van der Waals surface area contributed by atoms with Crippen molar-refractivity contribution >= 4 is 51.0 Å². The molecule has 1 heterocycles. The number of nitrogens with one attached hydrogen (secondary N) is 3. The number of pyridine rings is 1. The number of hydrogen-bond donors (Lipinski definition) is 4. The molecular formula is C24H24Cl2N4O5S. The molecule has 2 atom stereocenters. The van der Waals surface area contributed by atoms with Crippen LogP contribution in [-0.4, -0.2) is 42.5 Å². The summed E-state index contributed by atoms with van der Waals surface area (Å²) in [5.41, 5.74) is 1.98. The molecule has 0 radical (unpaired) electrons. The van der Waals surface area contributed by atoms with Crippen LogP contribution in [0.2, 0.25) is 10.0 Å². The van der Waals surface area contributed by atoms with Crippen molar-refractivity contribution < 1.29 is 23.1 Å². The van der Waals surface area contributed by atoms with Crippen LogP contribution in [0.25, 0.3) is 0 Å². The maximum Gasteiger partial charge on any atom is 0.322 e. The van der Waals surface area contributed by atoms with Crippen molar-refractivity contribution in [3.63, 3.8) is 0 Å². The number of carbonyl (C=O) groups excluding carboxylic acids is 1. The van der Waals surface area contributed by atoms with Crippen LogP contribution < -0.4 is 14.8 Å². The van der Waals surface area contributed by atoms with E-state index in [0.717, 1.165) is 5.56 Å². The average molecular weight is 551 g/mol. The van der Waals surface area contributed by atoms with Gasteiger partial charge in [-0.05, 0) is 43.0 Å². The lowest BCUT2D eigenvalue weighted by molar-refractivity contribution is -0.138. The molecule has 0 aliphatic rings. The number of nitrogens with zero attached hydrogens (tertiary/aromatic N) is 1. The summed E-state index contributed by atoms with van der Waals surface area (Å²) in [6.07, 6.45) is 2.94. The second-order valence-electron chi connectivity index (χ2n) is 8.05. The number of carboxylic acid groups (broad SMARTS) is 1. The molecule has 12 heteroatoms. The molecule has 0 bridgehead atoms. The van der Waals surface area contributed by atoms with Gasteiger partial charge in [-0.2, -0.15) is 17.9 Å². The minimum Gasteiger partial charge on any atom is -0.480 e. The van der Waals surface area contributed by atoms with Crippen LogP contribution in [0.5, 0.6) is 0 Å². The fourth-order valence-corrected chi connectivity index (χ4v) is 5.23. The number of amides is 1. The Morgan fingerprint density at radius 2 is 1.50 bits per heavy atom. The summed E-state index contributed by atoms with van der Waals surface area (Å²) in [5, 5.41) is 12.4. The van der Waals surface area contributed by atoms with Gasteiger partial charge in [0.15, 0.2) is 0 Å². The number of hydrogen-bond acceptors (Lipinski definition) is 5. The number of aromatic nitrogens is 1. The number of carbonyl (C=O) groups is 2. The van der Waals surface area contributed by atoms with E-state index >= 15 is 0 Å². The highest BCUT2D eigenvalue weighted by Gasteiger charge is 2.25. The Labute approximate surface area is 219 Å². The lowest BCUT2D eigenvalue weighted by Crippen LogP contribution is -2.50. The molecule has 1 unspecified atom stereocenters. The van der Waals surface area contributed by atoms with E-state index in [1.54, 1.807) is 31.2 Å². The summed E-state index contributed by atoms with van der Waals surface area (Å²) in [5.74, 6) is -1.86. The summed E-state index contributed by atoms with van der Waals surface area (Å²) >= 11 is 12.0. The Kier molecular flexibility index (Phi) is 9.41. The van der Waals surface area contributed by atoms with Gasteiger partial charge in [0.2, 0.25) is 0 Å². The first-order valence-electron chi connectivity index (χ1n) is 10.8. The summed E-state index contributed by atoms with van der Waals surface area (Å²) in [6, 6.07) is 13.8.